The monoisotopic (exact) mass is 349 g/mol. The van der Waals surface area contributed by atoms with Crippen molar-refractivity contribution in [2.24, 2.45) is 0 Å². The summed E-state index contributed by atoms with van der Waals surface area (Å²) < 4.78 is 19.8. The maximum absolute atomic E-state index is 13.9. The zero-order valence-electron chi connectivity index (χ0n) is 15.8. The Morgan fingerprint density at radius 3 is 2.64 bits per heavy atom. The van der Waals surface area contributed by atoms with E-state index in [0.717, 1.165) is 63.4 Å². The van der Waals surface area contributed by atoms with Crippen LogP contribution in [0.25, 0.3) is 0 Å². The lowest BCUT2D eigenvalue weighted by molar-refractivity contribution is 0.0546. The molecule has 0 spiro atoms. The maximum atomic E-state index is 13.9. The lowest BCUT2D eigenvalue weighted by Gasteiger charge is -2.37. The SMILES string of the molecule is CCN1CCN(c2ccc(F)cc2[C@H](C)NC[C@@H]2CC[C@H](C)O2)CC1. The minimum absolute atomic E-state index is 0.106. The van der Waals surface area contributed by atoms with Gasteiger partial charge in [-0.3, -0.25) is 0 Å². The van der Waals surface area contributed by atoms with Crippen molar-refractivity contribution in [2.75, 3.05) is 44.2 Å². The summed E-state index contributed by atoms with van der Waals surface area (Å²) in [5.41, 5.74) is 2.22. The normalized spacial score (nSPS) is 26.2. The van der Waals surface area contributed by atoms with E-state index in [1.54, 1.807) is 12.1 Å². The fraction of sp³-hybridized carbons (Fsp3) is 0.700. The number of nitrogens with zero attached hydrogens (tertiary/aromatic N) is 2. The molecule has 0 amide bonds. The van der Waals surface area contributed by atoms with Crippen molar-refractivity contribution in [3.05, 3.63) is 29.6 Å². The molecule has 1 aromatic carbocycles. The molecule has 3 rings (SSSR count). The van der Waals surface area contributed by atoms with Crippen molar-refractivity contribution < 1.29 is 9.13 Å². The number of benzene rings is 1. The van der Waals surface area contributed by atoms with Crippen molar-refractivity contribution in [1.29, 1.82) is 0 Å². The van der Waals surface area contributed by atoms with Crippen molar-refractivity contribution in [1.82, 2.24) is 10.2 Å². The summed E-state index contributed by atoms with van der Waals surface area (Å²) in [6, 6.07) is 5.32. The topological polar surface area (TPSA) is 27.7 Å². The van der Waals surface area contributed by atoms with E-state index in [-0.39, 0.29) is 18.0 Å². The predicted octanol–water partition coefficient (Wildman–Crippen LogP) is 3.19. The Kier molecular flexibility index (Phi) is 6.31. The van der Waals surface area contributed by atoms with Crippen LogP contribution in [0.4, 0.5) is 10.1 Å². The number of halogens is 1. The number of nitrogens with one attached hydrogen (secondary N) is 1. The van der Waals surface area contributed by atoms with Crippen molar-refractivity contribution in [2.45, 2.75) is 51.9 Å². The summed E-state index contributed by atoms with van der Waals surface area (Å²) >= 11 is 0. The first-order chi connectivity index (χ1) is 12.1. The minimum atomic E-state index is -0.162. The summed E-state index contributed by atoms with van der Waals surface area (Å²) in [6.07, 6.45) is 2.88. The average molecular weight is 349 g/mol. The van der Waals surface area contributed by atoms with Gasteiger partial charge in [0.2, 0.25) is 0 Å². The highest BCUT2D eigenvalue weighted by molar-refractivity contribution is 5.55. The highest BCUT2D eigenvalue weighted by Crippen LogP contribution is 2.29. The Hall–Kier alpha value is -1.17. The third-order valence-corrected chi connectivity index (χ3v) is 5.59. The number of piperazine rings is 1. The van der Waals surface area contributed by atoms with Crippen LogP contribution in [0.15, 0.2) is 18.2 Å². The zero-order valence-corrected chi connectivity index (χ0v) is 15.8. The van der Waals surface area contributed by atoms with Gasteiger partial charge in [-0.15, -0.1) is 0 Å². The molecule has 2 saturated heterocycles. The van der Waals surface area contributed by atoms with E-state index in [4.69, 9.17) is 4.74 Å². The van der Waals surface area contributed by atoms with Gasteiger partial charge in [-0.25, -0.2) is 4.39 Å². The highest BCUT2D eigenvalue weighted by Gasteiger charge is 2.24. The first kappa shape index (κ1) is 18.6. The second kappa shape index (κ2) is 8.47. The van der Waals surface area contributed by atoms with Crippen molar-refractivity contribution >= 4 is 5.69 Å². The standard InChI is InChI=1S/C20H32FN3O/c1-4-23-9-11-24(12-10-23)20-8-6-17(21)13-19(20)16(3)22-14-18-7-5-15(2)25-18/h6,8,13,15-16,18,22H,4-5,7,9-12,14H2,1-3H3/t15-,16-,18-/m0/s1. The fourth-order valence-corrected chi connectivity index (χ4v) is 3.92. The Labute approximate surface area is 151 Å². The summed E-state index contributed by atoms with van der Waals surface area (Å²) in [5, 5.41) is 3.56. The molecule has 140 valence electrons. The van der Waals surface area contributed by atoms with Crippen LogP contribution in [0, 0.1) is 5.82 Å². The van der Waals surface area contributed by atoms with E-state index < -0.39 is 0 Å². The van der Waals surface area contributed by atoms with E-state index in [2.05, 4.69) is 35.9 Å². The van der Waals surface area contributed by atoms with Gasteiger partial charge >= 0.3 is 0 Å². The third-order valence-electron chi connectivity index (χ3n) is 5.59. The number of hydrogen-bond donors (Lipinski definition) is 1. The number of likely N-dealkylation sites (N-methyl/N-ethyl adjacent to an activating group) is 1. The molecular weight excluding hydrogens is 317 g/mol. The first-order valence-electron chi connectivity index (χ1n) is 9.72. The molecule has 1 N–H and O–H groups in total. The van der Waals surface area contributed by atoms with Gasteiger partial charge in [-0.1, -0.05) is 6.92 Å². The second-order valence-electron chi connectivity index (χ2n) is 7.40. The van der Waals surface area contributed by atoms with Crippen LogP contribution in [-0.4, -0.2) is 56.4 Å². The Balaban J connectivity index is 1.66. The maximum Gasteiger partial charge on any atom is 0.123 e. The number of rotatable bonds is 6. The smallest absolute Gasteiger partial charge is 0.123 e. The first-order valence-corrected chi connectivity index (χ1v) is 9.72. The third kappa shape index (κ3) is 4.72. The van der Waals surface area contributed by atoms with Crippen LogP contribution in [0.1, 0.15) is 45.2 Å². The van der Waals surface area contributed by atoms with Crippen molar-refractivity contribution in [3.8, 4) is 0 Å². The molecule has 2 heterocycles. The zero-order chi connectivity index (χ0) is 17.8. The van der Waals surface area contributed by atoms with E-state index in [1.807, 2.05) is 6.07 Å². The molecule has 1 aromatic rings. The van der Waals surface area contributed by atoms with Gasteiger partial charge in [0, 0.05) is 44.5 Å². The van der Waals surface area contributed by atoms with Crippen LogP contribution in [-0.2, 0) is 4.74 Å². The molecule has 4 nitrogen and oxygen atoms in total. The summed E-state index contributed by atoms with van der Waals surface area (Å²) in [5.74, 6) is -0.162. The highest BCUT2D eigenvalue weighted by atomic mass is 19.1. The van der Waals surface area contributed by atoms with E-state index in [1.165, 1.54) is 0 Å². The van der Waals surface area contributed by atoms with Gasteiger partial charge in [0.15, 0.2) is 0 Å². The fourth-order valence-electron chi connectivity index (χ4n) is 3.92. The Morgan fingerprint density at radius 2 is 2.00 bits per heavy atom. The minimum Gasteiger partial charge on any atom is -0.374 e. The van der Waals surface area contributed by atoms with E-state index >= 15 is 0 Å². The van der Waals surface area contributed by atoms with Crippen LogP contribution in [0.5, 0.6) is 0 Å². The lowest BCUT2D eigenvalue weighted by atomic mass is 10.0. The van der Waals surface area contributed by atoms with Gasteiger partial charge in [0.1, 0.15) is 5.82 Å². The predicted molar refractivity (Wildman–Crippen MR) is 101 cm³/mol. The molecule has 25 heavy (non-hydrogen) atoms. The summed E-state index contributed by atoms with van der Waals surface area (Å²) in [7, 11) is 0. The van der Waals surface area contributed by atoms with Gasteiger partial charge in [0.25, 0.3) is 0 Å². The molecule has 0 aromatic heterocycles. The van der Waals surface area contributed by atoms with E-state index in [9.17, 15) is 4.39 Å². The molecular formula is C20H32FN3O. The molecule has 0 aliphatic carbocycles. The molecule has 0 saturated carbocycles. The summed E-state index contributed by atoms with van der Waals surface area (Å²) in [6.45, 7) is 12.5. The number of anilines is 1. The van der Waals surface area contributed by atoms with Crippen LogP contribution < -0.4 is 10.2 Å². The largest absolute Gasteiger partial charge is 0.374 e. The van der Waals surface area contributed by atoms with Crippen molar-refractivity contribution in [3.63, 3.8) is 0 Å². The van der Waals surface area contributed by atoms with Gasteiger partial charge in [-0.05, 0) is 57.0 Å². The number of hydrogen-bond acceptors (Lipinski definition) is 4. The molecule has 5 heteroatoms. The van der Waals surface area contributed by atoms with Gasteiger partial charge in [-0.2, -0.15) is 0 Å². The van der Waals surface area contributed by atoms with Gasteiger partial charge < -0.3 is 19.9 Å². The number of ether oxygens (including phenoxy) is 1. The van der Waals surface area contributed by atoms with Crippen LogP contribution >= 0.6 is 0 Å². The molecule has 0 unspecified atom stereocenters. The van der Waals surface area contributed by atoms with Crippen LogP contribution in [0.3, 0.4) is 0 Å². The molecule has 2 aliphatic rings. The molecule has 2 fully saturated rings. The Bertz CT molecular complexity index is 560. The molecule has 0 radical (unpaired) electrons. The quantitative estimate of drug-likeness (QED) is 0.854. The van der Waals surface area contributed by atoms with E-state index in [0.29, 0.717) is 6.10 Å². The average Bonchev–Trinajstić information content (AvgIpc) is 3.05. The van der Waals surface area contributed by atoms with Gasteiger partial charge in [0.05, 0.1) is 12.2 Å². The summed E-state index contributed by atoms with van der Waals surface area (Å²) in [4.78, 5) is 4.85. The lowest BCUT2D eigenvalue weighted by Crippen LogP contribution is -2.46. The molecule has 2 aliphatic heterocycles. The Morgan fingerprint density at radius 1 is 1.24 bits per heavy atom. The molecule has 0 bridgehead atoms. The second-order valence-corrected chi connectivity index (χ2v) is 7.40. The molecule has 3 atom stereocenters. The van der Waals surface area contributed by atoms with Crippen LogP contribution in [0.2, 0.25) is 0 Å².